The Labute approximate surface area is 211 Å². The van der Waals surface area contributed by atoms with Gasteiger partial charge >= 0.3 is 0 Å². The molecule has 35 heavy (non-hydrogen) atoms. The number of benzene rings is 1. The average Bonchev–Trinajstić information content (AvgIpc) is 3.19. The van der Waals surface area contributed by atoms with E-state index < -0.39 is 10.2 Å². The van der Waals surface area contributed by atoms with Crippen molar-refractivity contribution in [3.05, 3.63) is 35.9 Å². The second kappa shape index (κ2) is 13.1. The first-order valence-corrected chi connectivity index (χ1v) is 14.9. The number of piperazine rings is 1. The van der Waals surface area contributed by atoms with Crippen molar-refractivity contribution >= 4 is 16.1 Å². The van der Waals surface area contributed by atoms with E-state index >= 15 is 0 Å². The van der Waals surface area contributed by atoms with Gasteiger partial charge in [0.15, 0.2) is 0 Å². The zero-order chi connectivity index (χ0) is 24.5. The SMILES string of the molecule is O=C(NCCCN1CCN(Cc2ccccc2)CC1)[C@H]1CCCN(S(=O)(=O)N2CCCCCC2)C1. The number of hydrogen-bond donors (Lipinski definition) is 1. The largest absolute Gasteiger partial charge is 0.356 e. The monoisotopic (exact) mass is 505 g/mol. The summed E-state index contributed by atoms with van der Waals surface area (Å²) in [5.74, 6) is -0.236. The maximum Gasteiger partial charge on any atom is 0.281 e. The molecule has 3 aliphatic rings. The minimum atomic E-state index is -3.46. The third-order valence-electron chi connectivity index (χ3n) is 7.64. The molecule has 8 nitrogen and oxygen atoms in total. The van der Waals surface area contributed by atoms with Crippen molar-refractivity contribution in [1.29, 1.82) is 0 Å². The van der Waals surface area contributed by atoms with Gasteiger partial charge in [-0.15, -0.1) is 0 Å². The second-order valence-corrected chi connectivity index (χ2v) is 12.2. The molecule has 1 atom stereocenters. The van der Waals surface area contributed by atoms with E-state index in [2.05, 4.69) is 45.4 Å². The zero-order valence-corrected chi connectivity index (χ0v) is 21.9. The third kappa shape index (κ3) is 7.73. The van der Waals surface area contributed by atoms with Gasteiger partial charge in [0.2, 0.25) is 5.91 Å². The Kier molecular flexibility index (Phi) is 9.97. The van der Waals surface area contributed by atoms with E-state index in [0.29, 0.717) is 32.7 Å². The number of nitrogens with one attached hydrogen (secondary N) is 1. The van der Waals surface area contributed by atoms with Gasteiger partial charge in [0.25, 0.3) is 10.2 Å². The van der Waals surface area contributed by atoms with E-state index in [9.17, 15) is 13.2 Å². The minimum absolute atomic E-state index is 0.00782. The summed E-state index contributed by atoms with van der Waals surface area (Å²) in [4.78, 5) is 17.8. The summed E-state index contributed by atoms with van der Waals surface area (Å²) < 4.78 is 29.5. The van der Waals surface area contributed by atoms with Crippen LogP contribution in [0.5, 0.6) is 0 Å². The summed E-state index contributed by atoms with van der Waals surface area (Å²) >= 11 is 0. The van der Waals surface area contributed by atoms with Crippen LogP contribution in [0, 0.1) is 5.92 Å². The molecule has 0 unspecified atom stereocenters. The van der Waals surface area contributed by atoms with Crippen molar-refractivity contribution in [3.63, 3.8) is 0 Å². The van der Waals surface area contributed by atoms with Gasteiger partial charge in [0.1, 0.15) is 0 Å². The Hall–Kier alpha value is -1.52. The third-order valence-corrected chi connectivity index (χ3v) is 9.64. The first-order chi connectivity index (χ1) is 17.0. The molecule has 3 fully saturated rings. The molecule has 3 aliphatic heterocycles. The van der Waals surface area contributed by atoms with Crippen LogP contribution < -0.4 is 5.32 Å². The van der Waals surface area contributed by atoms with Gasteiger partial charge < -0.3 is 10.2 Å². The molecule has 9 heteroatoms. The van der Waals surface area contributed by atoms with Crippen molar-refractivity contribution in [1.82, 2.24) is 23.7 Å². The lowest BCUT2D eigenvalue weighted by Gasteiger charge is -2.35. The Morgan fingerprint density at radius 2 is 1.49 bits per heavy atom. The first-order valence-electron chi connectivity index (χ1n) is 13.5. The van der Waals surface area contributed by atoms with Crippen LogP contribution in [0.4, 0.5) is 0 Å². The molecule has 3 saturated heterocycles. The summed E-state index contributed by atoms with van der Waals surface area (Å²) in [5.41, 5.74) is 1.36. The summed E-state index contributed by atoms with van der Waals surface area (Å²) in [6, 6.07) is 10.6. The van der Waals surface area contributed by atoms with Gasteiger partial charge in [-0.25, -0.2) is 0 Å². The van der Waals surface area contributed by atoms with E-state index in [0.717, 1.165) is 84.2 Å². The quantitative estimate of drug-likeness (QED) is 0.521. The van der Waals surface area contributed by atoms with E-state index in [4.69, 9.17) is 0 Å². The van der Waals surface area contributed by atoms with Crippen LogP contribution in [-0.4, -0.2) is 98.2 Å². The number of amides is 1. The first kappa shape index (κ1) is 26.5. The summed E-state index contributed by atoms with van der Waals surface area (Å²) in [6.07, 6.45) is 6.49. The zero-order valence-electron chi connectivity index (χ0n) is 21.1. The van der Waals surface area contributed by atoms with Crippen LogP contribution in [0.1, 0.15) is 50.5 Å². The van der Waals surface area contributed by atoms with Crippen LogP contribution in [0.3, 0.4) is 0 Å². The van der Waals surface area contributed by atoms with Gasteiger partial charge in [-0.2, -0.15) is 17.0 Å². The van der Waals surface area contributed by atoms with E-state index in [1.807, 2.05) is 0 Å². The number of carbonyl (C=O) groups is 1. The molecule has 1 N–H and O–H groups in total. The molecule has 1 aromatic carbocycles. The predicted molar refractivity (Wildman–Crippen MR) is 139 cm³/mol. The molecular weight excluding hydrogens is 462 g/mol. The molecule has 3 heterocycles. The fraction of sp³-hybridized carbons (Fsp3) is 0.731. The highest BCUT2D eigenvalue weighted by Crippen LogP contribution is 2.23. The highest BCUT2D eigenvalue weighted by molar-refractivity contribution is 7.86. The Morgan fingerprint density at radius 3 is 2.20 bits per heavy atom. The van der Waals surface area contributed by atoms with Crippen molar-refractivity contribution in [2.45, 2.75) is 51.5 Å². The molecule has 0 saturated carbocycles. The lowest BCUT2D eigenvalue weighted by molar-refractivity contribution is -0.126. The fourth-order valence-electron chi connectivity index (χ4n) is 5.47. The van der Waals surface area contributed by atoms with Crippen molar-refractivity contribution in [2.75, 3.05) is 65.4 Å². The molecule has 4 rings (SSSR count). The van der Waals surface area contributed by atoms with Crippen LogP contribution in [0.2, 0.25) is 0 Å². The summed E-state index contributed by atoms with van der Waals surface area (Å²) in [7, 11) is -3.46. The van der Waals surface area contributed by atoms with Crippen LogP contribution >= 0.6 is 0 Å². The van der Waals surface area contributed by atoms with Crippen LogP contribution in [-0.2, 0) is 21.5 Å². The molecular formula is C26H43N5O3S. The molecule has 0 aromatic heterocycles. The number of rotatable bonds is 9. The standard InChI is InChI=1S/C26H43N5O3S/c32-26(25-12-8-17-31(23-25)35(33,34)30-15-6-1-2-7-16-30)27-13-9-14-28-18-20-29(21-19-28)22-24-10-4-3-5-11-24/h3-5,10-11,25H,1-2,6-9,12-23H2,(H,27,32)/t25-/m0/s1. The highest BCUT2D eigenvalue weighted by atomic mass is 32.2. The van der Waals surface area contributed by atoms with E-state index in [-0.39, 0.29) is 11.8 Å². The fourth-order valence-corrected chi connectivity index (χ4v) is 7.25. The molecule has 1 aromatic rings. The van der Waals surface area contributed by atoms with Gasteiger partial charge in [-0.05, 0) is 44.2 Å². The van der Waals surface area contributed by atoms with Crippen LogP contribution in [0.25, 0.3) is 0 Å². The number of nitrogens with zero attached hydrogens (tertiary/aromatic N) is 4. The van der Waals surface area contributed by atoms with E-state index in [1.54, 1.807) is 8.61 Å². The maximum absolute atomic E-state index is 13.1. The van der Waals surface area contributed by atoms with Crippen molar-refractivity contribution < 1.29 is 13.2 Å². The topological polar surface area (TPSA) is 76.2 Å². The van der Waals surface area contributed by atoms with Crippen molar-refractivity contribution in [3.8, 4) is 0 Å². The molecule has 0 bridgehead atoms. The summed E-state index contributed by atoms with van der Waals surface area (Å²) in [6.45, 7) is 8.97. The highest BCUT2D eigenvalue weighted by Gasteiger charge is 2.35. The maximum atomic E-state index is 13.1. The molecule has 0 radical (unpaired) electrons. The van der Waals surface area contributed by atoms with Crippen molar-refractivity contribution in [2.24, 2.45) is 5.92 Å². The number of hydrogen-bond acceptors (Lipinski definition) is 5. The molecule has 0 spiro atoms. The summed E-state index contributed by atoms with van der Waals surface area (Å²) in [5, 5.41) is 3.08. The molecule has 0 aliphatic carbocycles. The van der Waals surface area contributed by atoms with Gasteiger partial charge in [-0.3, -0.25) is 9.69 Å². The number of carbonyl (C=O) groups excluding carboxylic acids is 1. The lowest BCUT2D eigenvalue weighted by Crippen LogP contribution is -2.51. The van der Waals surface area contributed by atoms with Crippen LogP contribution in [0.15, 0.2) is 30.3 Å². The molecule has 196 valence electrons. The Balaban J connectivity index is 1.13. The Bertz CT molecular complexity index is 882. The smallest absolute Gasteiger partial charge is 0.281 e. The minimum Gasteiger partial charge on any atom is -0.356 e. The van der Waals surface area contributed by atoms with E-state index in [1.165, 1.54) is 5.56 Å². The lowest BCUT2D eigenvalue weighted by atomic mass is 9.99. The number of piperidine rings is 1. The normalized spacial score (nSPS) is 24.2. The van der Waals surface area contributed by atoms with Gasteiger partial charge in [0, 0.05) is 65.4 Å². The predicted octanol–water partition coefficient (Wildman–Crippen LogP) is 2.14. The molecule has 1 amide bonds. The Morgan fingerprint density at radius 1 is 0.829 bits per heavy atom. The van der Waals surface area contributed by atoms with Gasteiger partial charge in [-0.1, -0.05) is 43.2 Å². The average molecular weight is 506 g/mol. The second-order valence-electron chi connectivity index (χ2n) is 10.3. The van der Waals surface area contributed by atoms with Gasteiger partial charge in [0.05, 0.1) is 5.92 Å².